The highest BCUT2D eigenvalue weighted by atomic mass is 16.5. The second kappa shape index (κ2) is 5.96. The average Bonchev–Trinajstić information content (AvgIpc) is 2.86. The van der Waals surface area contributed by atoms with Crippen molar-refractivity contribution in [1.29, 1.82) is 0 Å². The summed E-state index contributed by atoms with van der Waals surface area (Å²) in [6.45, 7) is 4.50. The van der Waals surface area contributed by atoms with Crippen LogP contribution in [0.5, 0.6) is 5.75 Å². The highest BCUT2D eigenvalue weighted by Crippen LogP contribution is 2.51. The predicted octanol–water partition coefficient (Wildman–Crippen LogP) is 4.34. The zero-order valence-electron chi connectivity index (χ0n) is 12.4. The van der Waals surface area contributed by atoms with E-state index in [1.54, 1.807) is 7.11 Å². The molecule has 1 aromatic carbocycles. The fourth-order valence-electron chi connectivity index (χ4n) is 3.65. The van der Waals surface area contributed by atoms with Crippen LogP contribution in [0.4, 0.5) is 0 Å². The maximum atomic E-state index is 10.9. The van der Waals surface area contributed by atoms with Crippen LogP contribution in [0.3, 0.4) is 0 Å². The largest absolute Gasteiger partial charge is 0.497 e. The molecule has 0 saturated heterocycles. The van der Waals surface area contributed by atoms with Gasteiger partial charge in [-0.05, 0) is 42.9 Å². The second-order valence-corrected chi connectivity index (χ2v) is 6.35. The van der Waals surface area contributed by atoms with Crippen LogP contribution >= 0.6 is 0 Å². The van der Waals surface area contributed by atoms with Crippen molar-refractivity contribution in [3.05, 3.63) is 29.8 Å². The van der Waals surface area contributed by atoms with Gasteiger partial charge in [0.15, 0.2) is 0 Å². The van der Waals surface area contributed by atoms with Gasteiger partial charge in [-0.15, -0.1) is 0 Å². The Hall–Kier alpha value is -1.02. The number of aliphatic hydroxyl groups is 1. The summed E-state index contributed by atoms with van der Waals surface area (Å²) in [5.41, 5.74) is 1.07. The van der Waals surface area contributed by atoms with E-state index in [9.17, 15) is 5.11 Å². The molecule has 1 aromatic rings. The van der Waals surface area contributed by atoms with Crippen molar-refractivity contribution in [3.63, 3.8) is 0 Å². The van der Waals surface area contributed by atoms with Crippen LogP contribution in [0, 0.1) is 11.3 Å². The molecule has 106 valence electrons. The molecule has 2 rings (SSSR count). The Labute approximate surface area is 116 Å². The van der Waals surface area contributed by atoms with Gasteiger partial charge >= 0.3 is 0 Å². The first-order valence-electron chi connectivity index (χ1n) is 7.39. The summed E-state index contributed by atoms with van der Waals surface area (Å²) in [6.07, 6.45) is 5.51. The van der Waals surface area contributed by atoms with Gasteiger partial charge in [0, 0.05) is 5.41 Å². The fraction of sp³-hybridized carbons (Fsp3) is 0.647. The van der Waals surface area contributed by atoms with Crippen molar-refractivity contribution >= 4 is 0 Å². The lowest BCUT2D eigenvalue weighted by Gasteiger charge is -2.36. The minimum absolute atomic E-state index is 0.0700. The van der Waals surface area contributed by atoms with E-state index in [0.717, 1.165) is 30.6 Å². The molecule has 0 amide bonds. The van der Waals surface area contributed by atoms with Gasteiger partial charge < -0.3 is 9.84 Å². The van der Waals surface area contributed by atoms with E-state index < -0.39 is 0 Å². The van der Waals surface area contributed by atoms with Crippen molar-refractivity contribution in [3.8, 4) is 5.75 Å². The van der Waals surface area contributed by atoms with Gasteiger partial charge in [0.2, 0.25) is 0 Å². The normalized spacial score (nSPS) is 19.6. The Bertz CT molecular complexity index is 405. The molecule has 2 heteroatoms. The van der Waals surface area contributed by atoms with Crippen LogP contribution in [0.1, 0.15) is 57.6 Å². The Morgan fingerprint density at radius 1 is 1.26 bits per heavy atom. The maximum absolute atomic E-state index is 10.9. The molecule has 2 nitrogen and oxygen atoms in total. The number of aliphatic hydroxyl groups excluding tert-OH is 1. The number of hydrogen-bond donors (Lipinski definition) is 1. The average molecular weight is 262 g/mol. The first kappa shape index (κ1) is 14.4. The van der Waals surface area contributed by atoms with Crippen molar-refractivity contribution in [1.82, 2.24) is 0 Å². The molecule has 1 aliphatic rings. The minimum atomic E-state index is -0.368. The SMILES string of the molecule is COc1cccc(C(O)C2(CC(C)C)CCCC2)c1. The lowest BCUT2D eigenvalue weighted by atomic mass is 9.72. The smallest absolute Gasteiger partial charge is 0.119 e. The van der Waals surface area contributed by atoms with E-state index in [4.69, 9.17) is 4.74 Å². The third-order valence-electron chi connectivity index (χ3n) is 4.40. The lowest BCUT2D eigenvalue weighted by molar-refractivity contribution is 0.0111. The summed E-state index contributed by atoms with van der Waals surface area (Å²) in [4.78, 5) is 0. The molecular weight excluding hydrogens is 236 g/mol. The van der Waals surface area contributed by atoms with Gasteiger partial charge in [0.1, 0.15) is 5.75 Å². The summed E-state index contributed by atoms with van der Waals surface area (Å²) in [7, 11) is 1.67. The monoisotopic (exact) mass is 262 g/mol. The zero-order chi connectivity index (χ0) is 13.9. The molecule has 0 aliphatic heterocycles. The summed E-state index contributed by atoms with van der Waals surface area (Å²) in [5.74, 6) is 1.45. The number of methoxy groups -OCH3 is 1. The van der Waals surface area contributed by atoms with Gasteiger partial charge in [0.25, 0.3) is 0 Å². The number of benzene rings is 1. The molecule has 0 spiro atoms. The van der Waals surface area contributed by atoms with Crippen LogP contribution in [0.2, 0.25) is 0 Å². The van der Waals surface area contributed by atoms with Crippen LogP contribution in [-0.4, -0.2) is 12.2 Å². The summed E-state index contributed by atoms with van der Waals surface area (Å²) >= 11 is 0. The molecular formula is C17H26O2. The Morgan fingerprint density at radius 3 is 2.53 bits per heavy atom. The number of hydrogen-bond acceptors (Lipinski definition) is 2. The molecule has 0 aromatic heterocycles. The molecule has 1 fully saturated rings. The topological polar surface area (TPSA) is 29.5 Å². The highest BCUT2D eigenvalue weighted by Gasteiger charge is 2.41. The molecule has 1 atom stereocenters. The highest BCUT2D eigenvalue weighted by molar-refractivity contribution is 5.31. The van der Waals surface area contributed by atoms with Gasteiger partial charge in [-0.25, -0.2) is 0 Å². The minimum Gasteiger partial charge on any atom is -0.497 e. The molecule has 19 heavy (non-hydrogen) atoms. The quantitative estimate of drug-likeness (QED) is 0.855. The summed E-state index contributed by atoms with van der Waals surface area (Å²) in [6, 6.07) is 7.90. The van der Waals surface area contributed by atoms with Crippen molar-refractivity contribution in [2.24, 2.45) is 11.3 Å². The number of rotatable bonds is 5. The molecule has 1 N–H and O–H groups in total. The van der Waals surface area contributed by atoms with Gasteiger partial charge in [-0.1, -0.05) is 38.8 Å². The van der Waals surface area contributed by atoms with Gasteiger partial charge in [-0.3, -0.25) is 0 Å². The molecule has 1 unspecified atom stereocenters. The summed E-state index contributed by atoms with van der Waals surface area (Å²) < 4.78 is 5.27. The van der Waals surface area contributed by atoms with Gasteiger partial charge in [0.05, 0.1) is 13.2 Å². The molecule has 1 saturated carbocycles. The molecule has 0 heterocycles. The zero-order valence-corrected chi connectivity index (χ0v) is 12.4. The third-order valence-corrected chi connectivity index (χ3v) is 4.40. The van der Waals surface area contributed by atoms with E-state index in [0.29, 0.717) is 5.92 Å². The predicted molar refractivity (Wildman–Crippen MR) is 78.3 cm³/mol. The van der Waals surface area contributed by atoms with Gasteiger partial charge in [-0.2, -0.15) is 0 Å². The van der Waals surface area contributed by atoms with E-state index in [1.165, 1.54) is 12.8 Å². The van der Waals surface area contributed by atoms with Crippen LogP contribution < -0.4 is 4.74 Å². The first-order valence-corrected chi connectivity index (χ1v) is 7.39. The Kier molecular flexibility index (Phi) is 4.51. The van der Waals surface area contributed by atoms with Crippen LogP contribution in [0.15, 0.2) is 24.3 Å². The van der Waals surface area contributed by atoms with E-state index in [1.807, 2.05) is 24.3 Å². The maximum Gasteiger partial charge on any atom is 0.119 e. The van der Waals surface area contributed by atoms with Crippen molar-refractivity contribution in [2.75, 3.05) is 7.11 Å². The third kappa shape index (κ3) is 3.11. The fourth-order valence-corrected chi connectivity index (χ4v) is 3.65. The molecule has 0 bridgehead atoms. The molecule has 1 aliphatic carbocycles. The van der Waals surface area contributed by atoms with Crippen LogP contribution in [-0.2, 0) is 0 Å². The van der Waals surface area contributed by atoms with E-state index in [-0.39, 0.29) is 11.5 Å². The Balaban J connectivity index is 2.25. The number of ether oxygens (including phenoxy) is 1. The van der Waals surface area contributed by atoms with E-state index >= 15 is 0 Å². The van der Waals surface area contributed by atoms with Crippen molar-refractivity contribution < 1.29 is 9.84 Å². The van der Waals surface area contributed by atoms with Crippen LogP contribution in [0.25, 0.3) is 0 Å². The summed E-state index contributed by atoms with van der Waals surface area (Å²) in [5, 5.41) is 10.9. The van der Waals surface area contributed by atoms with E-state index in [2.05, 4.69) is 13.8 Å². The second-order valence-electron chi connectivity index (χ2n) is 6.35. The standard InChI is InChI=1S/C17H26O2/c1-13(2)12-17(9-4-5-10-17)16(18)14-7-6-8-15(11-14)19-3/h6-8,11,13,16,18H,4-5,9-10,12H2,1-3H3. The van der Waals surface area contributed by atoms with Crippen molar-refractivity contribution in [2.45, 2.75) is 52.1 Å². The Morgan fingerprint density at radius 2 is 1.95 bits per heavy atom. The first-order chi connectivity index (χ1) is 9.07. The molecule has 0 radical (unpaired) electrons. The lowest BCUT2D eigenvalue weighted by Crippen LogP contribution is -2.27.